The average molecular weight is 336 g/mol. The Morgan fingerprint density at radius 1 is 1.42 bits per heavy atom. The Hall–Kier alpha value is -2.77. The van der Waals surface area contributed by atoms with Gasteiger partial charge in [0.15, 0.2) is 5.69 Å². The molecule has 0 atom stereocenters. The van der Waals surface area contributed by atoms with Crippen molar-refractivity contribution >= 4 is 17.8 Å². The van der Waals surface area contributed by atoms with Gasteiger partial charge in [-0.1, -0.05) is 6.92 Å². The summed E-state index contributed by atoms with van der Waals surface area (Å²) in [6.45, 7) is -0.327. The molecule has 0 saturated heterocycles. The van der Waals surface area contributed by atoms with Gasteiger partial charge in [-0.25, -0.2) is 0 Å². The smallest absolute Gasteiger partial charge is 0.387 e. The number of rotatable bonds is 7. The number of aliphatic imine (C=N–C) groups is 1. The fourth-order valence-electron chi connectivity index (χ4n) is 1.99. The summed E-state index contributed by atoms with van der Waals surface area (Å²) in [6.07, 6.45) is 3.85. The first-order chi connectivity index (χ1) is 11.5. The zero-order valence-corrected chi connectivity index (χ0v) is 13.4. The highest BCUT2D eigenvalue weighted by Crippen LogP contribution is 2.19. The minimum absolute atomic E-state index is 0.0724. The van der Waals surface area contributed by atoms with Crippen molar-refractivity contribution in [3.8, 4) is 5.75 Å². The summed E-state index contributed by atoms with van der Waals surface area (Å²) in [5.41, 5.74) is 1.47. The van der Waals surface area contributed by atoms with Crippen LogP contribution in [0.15, 0.2) is 35.5 Å². The maximum atomic E-state index is 12.1. The van der Waals surface area contributed by atoms with E-state index in [1.807, 2.05) is 6.92 Å². The van der Waals surface area contributed by atoms with Gasteiger partial charge < -0.3 is 10.1 Å². The Balaban J connectivity index is 2.13. The molecule has 0 saturated carbocycles. The number of alkyl halides is 2. The quantitative estimate of drug-likeness (QED) is 0.791. The summed E-state index contributed by atoms with van der Waals surface area (Å²) in [7, 11) is 1.66. The normalized spacial score (nSPS) is 11.2. The fourth-order valence-corrected chi connectivity index (χ4v) is 1.99. The standard InChI is InChI=1S/C16H18F2N4O2/c1-3-8-19-15(23)14-13(10-21-22(14)2)20-9-11-4-6-12(7-5-11)24-16(17)18/h4-7,9-10,16H,3,8H2,1-2H3,(H,19,23). The van der Waals surface area contributed by atoms with Crippen molar-refractivity contribution in [1.29, 1.82) is 0 Å². The van der Waals surface area contributed by atoms with Gasteiger partial charge in [-0.3, -0.25) is 14.5 Å². The summed E-state index contributed by atoms with van der Waals surface area (Å²) in [6, 6.07) is 6.03. The Kier molecular flexibility index (Phi) is 6.00. The maximum absolute atomic E-state index is 12.1. The molecule has 1 N–H and O–H groups in total. The van der Waals surface area contributed by atoms with Gasteiger partial charge in [-0.05, 0) is 36.2 Å². The number of carbonyl (C=O) groups excluding carboxylic acids is 1. The highest BCUT2D eigenvalue weighted by atomic mass is 19.3. The van der Waals surface area contributed by atoms with Gasteiger partial charge in [0.25, 0.3) is 5.91 Å². The fraction of sp³-hybridized carbons (Fsp3) is 0.312. The van der Waals surface area contributed by atoms with Crippen molar-refractivity contribution in [2.45, 2.75) is 20.0 Å². The Morgan fingerprint density at radius 2 is 2.12 bits per heavy atom. The zero-order valence-electron chi connectivity index (χ0n) is 13.4. The number of nitrogens with zero attached hydrogens (tertiary/aromatic N) is 3. The van der Waals surface area contributed by atoms with E-state index in [9.17, 15) is 13.6 Å². The van der Waals surface area contributed by atoms with Gasteiger partial charge in [0.1, 0.15) is 11.4 Å². The number of aromatic nitrogens is 2. The molecule has 0 aliphatic heterocycles. The summed E-state index contributed by atoms with van der Waals surface area (Å²) in [5.74, 6) is -0.173. The summed E-state index contributed by atoms with van der Waals surface area (Å²) in [4.78, 5) is 16.4. The molecule has 1 amide bonds. The molecule has 0 spiro atoms. The first-order valence-electron chi connectivity index (χ1n) is 7.40. The maximum Gasteiger partial charge on any atom is 0.387 e. The van der Waals surface area contributed by atoms with Crippen molar-refractivity contribution in [1.82, 2.24) is 15.1 Å². The van der Waals surface area contributed by atoms with E-state index in [1.165, 1.54) is 29.2 Å². The number of halogens is 2. The third-order valence-electron chi connectivity index (χ3n) is 3.13. The molecule has 2 aromatic rings. The van der Waals surface area contributed by atoms with E-state index < -0.39 is 6.61 Å². The predicted molar refractivity (Wildman–Crippen MR) is 86.2 cm³/mol. The van der Waals surface area contributed by atoms with E-state index in [-0.39, 0.29) is 11.7 Å². The summed E-state index contributed by atoms with van der Waals surface area (Å²) < 4.78 is 29.9. The monoisotopic (exact) mass is 336 g/mol. The molecule has 1 aromatic carbocycles. The summed E-state index contributed by atoms with van der Waals surface area (Å²) in [5, 5.41) is 6.82. The van der Waals surface area contributed by atoms with Crippen molar-refractivity contribution in [3.63, 3.8) is 0 Å². The number of benzene rings is 1. The van der Waals surface area contributed by atoms with Crippen LogP contribution in [0.1, 0.15) is 29.4 Å². The summed E-state index contributed by atoms with van der Waals surface area (Å²) >= 11 is 0. The highest BCUT2D eigenvalue weighted by Gasteiger charge is 2.15. The van der Waals surface area contributed by atoms with E-state index in [1.54, 1.807) is 19.2 Å². The number of ether oxygens (including phenoxy) is 1. The van der Waals surface area contributed by atoms with Crippen molar-refractivity contribution in [2.75, 3.05) is 6.54 Å². The first-order valence-corrected chi connectivity index (χ1v) is 7.40. The number of hydrogen-bond donors (Lipinski definition) is 1. The Morgan fingerprint density at radius 3 is 2.75 bits per heavy atom. The van der Waals surface area contributed by atoms with Crippen LogP contribution < -0.4 is 10.1 Å². The lowest BCUT2D eigenvalue weighted by Gasteiger charge is -2.05. The Labute approximate surface area is 138 Å². The molecular formula is C16H18F2N4O2. The van der Waals surface area contributed by atoms with Crippen LogP contribution in [-0.2, 0) is 7.05 Å². The van der Waals surface area contributed by atoms with Crippen LogP contribution >= 0.6 is 0 Å². The van der Waals surface area contributed by atoms with Crippen LogP contribution in [0.25, 0.3) is 0 Å². The van der Waals surface area contributed by atoms with E-state index in [0.29, 0.717) is 23.5 Å². The van der Waals surface area contributed by atoms with Gasteiger partial charge in [-0.2, -0.15) is 13.9 Å². The lowest BCUT2D eigenvalue weighted by atomic mass is 10.2. The first kappa shape index (κ1) is 17.6. The topological polar surface area (TPSA) is 68.5 Å². The number of hydrogen-bond acceptors (Lipinski definition) is 4. The minimum atomic E-state index is -2.86. The van der Waals surface area contributed by atoms with E-state index in [2.05, 4.69) is 20.1 Å². The van der Waals surface area contributed by atoms with Crippen molar-refractivity contribution < 1.29 is 18.3 Å². The molecule has 0 bridgehead atoms. The van der Waals surface area contributed by atoms with Gasteiger partial charge in [0.2, 0.25) is 0 Å². The third-order valence-corrected chi connectivity index (χ3v) is 3.13. The second-order valence-corrected chi connectivity index (χ2v) is 4.96. The molecule has 128 valence electrons. The van der Waals surface area contributed by atoms with Gasteiger partial charge in [0, 0.05) is 19.8 Å². The molecule has 0 unspecified atom stereocenters. The molecule has 8 heteroatoms. The van der Waals surface area contributed by atoms with E-state index in [0.717, 1.165) is 6.42 Å². The number of carbonyl (C=O) groups is 1. The van der Waals surface area contributed by atoms with Crippen LogP contribution in [-0.4, -0.2) is 35.1 Å². The van der Waals surface area contributed by atoms with Crippen LogP contribution in [0.3, 0.4) is 0 Å². The van der Waals surface area contributed by atoms with E-state index in [4.69, 9.17) is 0 Å². The largest absolute Gasteiger partial charge is 0.435 e. The molecule has 6 nitrogen and oxygen atoms in total. The lowest BCUT2D eigenvalue weighted by molar-refractivity contribution is -0.0498. The number of nitrogens with one attached hydrogen (secondary N) is 1. The van der Waals surface area contributed by atoms with Gasteiger partial charge >= 0.3 is 6.61 Å². The third kappa shape index (κ3) is 4.61. The van der Waals surface area contributed by atoms with Crippen LogP contribution in [0, 0.1) is 0 Å². The predicted octanol–water partition coefficient (Wildman–Crippen LogP) is 2.91. The molecule has 0 radical (unpaired) electrons. The Bertz CT molecular complexity index is 711. The SMILES string of the molecule is CCCNC(=O)c1c(N=Cc2ccc(OC(F)F)cc2)cnn1C. The van der Waals surface area contributed by atoms with Gasteiger partial charge in [-0.15, -0.1) is 0 Å². The van der Waals surface area contributed by atoms with Crippen molar-refractivity contribution in [2.24, 2.45) is 12.0 Å². The molecule has 1 aromatic heterocycles. The molecule has 1 heterocycles. The van der Waals surface area contributed by atoms with Crippen LogP contribution in [0.4, 0.5) is 14.5 Å². The van der Waals surface area contributed by atoms with Crippen LogP contribution in [0.5, 0.6) is 5.75 Å². The number of aryl methyl sites for hydroxylation is 1. The molecule has 0 fully saturated rings. The highest BCUT2D eigenvalue weighted by molar-refractivity contribution is 5.98. The molecule has 0 aliphatic rings. The zero-order chi connectivity index (χ0) is 17.5. The molecule has 2 rings (SSSR count). The number of amides is 1. The minimum Gasteiger partial charge on any atom is -0.435 e. The second-order valence-electron chi connectivity index (χ2n) is 4.96. The molecule has 24 heavy (non-hydrogen) atoms. The second kappa shape index (κ2) is 8.19. The van der Waals surface area contributed by atoms with Gasteiger partial charge in [0.05, 0.1) is 6.20 Å². The molecule has 0 aliphatic carbocycles. The average Bonchev–Trinajstić information content (AvgIpc) is 2.92. The van der Waals surface area contributed by atoms with E-state index >= 15 is 0 Å². The molecular weight excluding hydrogens is 318 g/mol. The van der Waals surface area contributed by atoms with Crippen molar-refractivity contribution in [3.05, 3.63) is 41.7 Å². The lowest BCUT2D eigenvalue weighted by Crippen LogP contribution is -2.26. The van der Waals surface area contributed by atoms with Crippen LogP contribution in [0.2, 0.25) is 0 Å².